The van der Waals surface area contributed by atoms with Crippen LogP contribution in [0.3, 0.4) is 0 Å². The first kappa shape index (κ1) is 25.0. The van der Waals surface area contributed by atoms with Crippen LogP contribution >= 0.6 is 0 Å². The minimum atomic E-state index is -0.846. The van der Waals surface area contributed by atoms with E-state index in [4.69, 9.17) is 14.2 Å². The molecule has 1 aliphatic rings. The van der Waals surface area contributed by atoms with Gasteiger partial charge in [-0.25, -0.2) is 14.4 Å². The van der Waals surface area contributed by atoms with Crippen molar-refractivity contribution in [2.24, 2.45) is 0 Å². The second-order valence-corrected chi connectivity index (χ2v) is 9.34. The van der Waals surface area contributed by atoms with Gasteiger partial charge < -0.3 is 14.2 Å². The fourth-order valence-electron chi connectivity index (χ4n) is 2.95. The lowest BCUT2D eigenvalue weighted by Crippen LogP contribution is -2.37. The highest BCUT2D eigenvalue weighted by Gasteiger charge is 2.36. The maximum Gasteiger partial charge on any atom is 0.410 e. The summed E-state index contributed by atoms with van der Waals surface area (Å²) in [6.07, 6.45) is 3.26. The molecule has 0 radical (unpaired) electrons. The van der Waals surface area contributed by atoms with Crippen LogP contribution in [0.1, 0.15) is 57.6 Å². The fraction of sp³-hybridized carbons (Fsp3) is 0.522. The molecule has 0 bridgehead atoms. The van der Waals surface area contributed by atoms with Crippen LogP contribution < -0.4 is 0 Å². The van der Waals surface area contributed by atoms with Crippen LogP contribution in [0.4, 0.5) is 4.79 Å². The number of carbonyl (C=O) groups is 4. The van der Waals surface area contributed by atoms with Crippen molar-refractivity contribution in [2.75, 3.05) is 13.2 Å². The van der Waals surface area contributed by atoms with Gasteiger partial charge in [0.1, 0.15) is 29.1 Å². The molecule has 1 aromatic rings. The first-order chi connectivity index (χ1) is 14.8. The Morgan fingerprint density at radius 2 is 1.75 bits per heavy atom. The first-order valence-corrected chi connectivity index (χ1v) is 10.3. The van der Waals surface area contributed by atoms with Gasteiger partial charge in [0.2, 0.25) is 0 Å². The Balaban J connectivity index is 2.29. The van der Waals surface area contributed by atoms with Crippen molar-refractivity contribution in [3.05, 3.63) is 41.2 Å². The first-order valence-electron chi connectivity index (χ1n) is 10.3. The van der Waals surface area contributed by atoms with Crippen molar-refractivity contribution in [1.82, 2.24) is 9.88 Å². The van der Waals surface area contributed by atoms with Crippen LogP contribution in [0.5, 0.6) is 0 Å². The van der Waals surface area contributed by atoms with Crippen molar-refractivity contribution in [3.8, 4) is 0 Å². The highest BCUT2D eigenvalue weighted by atomic mass is 16.6. The minimum Gasteiger partial charge on any atom is -0.456 e. The number of hydrogen-bond donors (Lipinski definition) is 0. The maximum atomic E-state index is 12.7. The number of carbonyl (C=O) groups excluding carboxylic acids is 4. The lowest BCUT2D eigenvalue weighted by atomic mass is 10.1. The van der Waals surface area contributed by atoms with Crippen LogP contribution in [-0.2, 0) is 30.2 Å². The number of aromatic nitrogens is 1. The van der Waals surface area contributed by atoms with E-state index in [-0.39, 0.29) is 24.4 Å². The number of hydrogen-bond acceptors (Lipinski definition) is 8. The highest BCUT2D eigenvalue weighted by Crippen LogP contribution is 2.21. The molecular formula is C23H30N2O7. The van der Waals surface area contributed by atoms with Crippen LogP contribution in [0.15, 0.2) is 30.0 Å². The van der Waals surface area contributed by atoms with Crippen LogP contribution in [0.25, 0.3) is 0 Å². The SMILES string of the molecule is CC(C)(C)OC(=O)C(=C[C@H]1COC(=O)N1CCc1cccnc1C=O)C(=O)OC(C)(C)C. The predicted molar refractivity (Wildman–Crippen MR) is 115 cm³/mol. The average molecular weight is 447 g/mol. The third-order valence-corrected chi connectivity index (χ3v) is 4.27. The van der Waals surface area contributed by atoms with Crippen molar-refractivity contribution in [1.29, 1.82) is 0 Å². The third-order valence-electron chi connectivity index (χ3n) is 4.27. The quantitative estimate of drug-likeness (QED) is 0.157. The molecule has 0 aliphatic carbocycles. The molecule has 1 amide bonds. The van der Waals surface area contributed by atoms with E-state index in [1.807, 2.05) is 0 Å². The largest absolute Gasteiger partial charge is 0.456 e. The molecule has 0 spiro atoms. The molecule has 1 aromatic heterocycles. The zero-order valence-corrected chi connectivity index (χ0v) is 19.3. The predicted octanol–water partition coefficient (Wildman–Crippen LogP) is 2.87. The Kier molecular flexibility index (Phi) is 7.77. The Morgan fingerprint density at radius 1 is 1.16 bits per heavy atom. The van der Waals surface area contributed by atoms with Gasteiger partial charge in [0.05, 0.1) is 6.04 Å². The number of pyridine rings is 1. The van der Waals surface area contributed by atoms with Gasteiger partial charge in [-0.05, 0) is 65.7 Å². The van der Waals surface area contributed by atoms with Gasteiger partial charge in [-0.1, -0.05) is 6.07 Å². The van der Waals surface area contributed by atoms with Gasteiger partial charge in [-0.15, -0.1) is 0 Å². The average Bonchev–Trinajstić information content (AvgIpc) is 3.01. The maximum absolute atomic E-state index is 12.7. The van der Waals surface area contributed by atoms with E-state index in [0.717, 1.165) is 0 Å². The fourth-order valence-corrected chi connectivity index (χ4v) is 2.95. The zero-order valence-electron chi connectivity index (χ0n) is 19.3. The van der Waals surface area contributed by atoms with E-state index in [1.165, 1.54) is 17.2 Å². The number of amides is 1. The number of rotatable bonds is 7. The number of esters is 2. The molecule has 9 nitrogen and oxygen atoms in total. The van der Waals surface area contributed by atoms with Crippen LogP contribution in [-0.4, -0.2) is 64.6 Å². The van der Waals surface area contributed by atoms with E-state index in [0.29, 0.717) is 18.3 Å². The number of ether oxygens (including phenoxy) is 3. The number of aldehydes is 1. The van der Waals surface area contributed by atoms with Gasteiger partial charge in [0, 0.05) is 12.7 Å². The highest BCUT2D eigenvalue weighted by molar-refractivity contribution is 6.14. The smallest absolute Gasteiger partial charge is 0.410 e. The summed E-state index contributed by atoms with van der Waals surface area (Å²) in [6.45, 7) is 10.3. The van der Waals surface area contributed by atoms with Gasteiger partial charge in [0.15, 0.2) is 6.29 Å². The molecular weight excluding hydrogens is 416 g/mol. The Hall–Kier alpha value is -3.23. The topological polar surface area (TPSA) is 112 Å². The molecule has 2 rings (SSSR count). The van der Waals surface area contributed by atoms with Gasteiger partial charge >= 0.3 is 18.0 Å². The summed E-state index contributed by atoms with van der Waals surface area (Å²) in [5, 5.41) is 0. The summed E-state index contributed by atoms with van der Waals surface area (Å²) in [7, 11) is 0. The van der Waals surface area contributed by atoms with E-state index in [9.17, 15) is 19.2 Å². The van der Waals surface area contributed by atoms with E-state index < -0.39 is 35.3 Å². The normalized spacial score (nSPS) is 16.2. The summed E-state index contributed by atoms with van der Waals surface area (Å²) in [4.78, 5) is 54.4. The molecule has 2 heterocycles. The molecule has 0 unspecified atom stereocenters. The van der Waals surface area contributed by atoms with Gasteiger partial charge in [-0.3, -0.25) is 14.7 Å². The summed E-state index contributed by atoms with van der Waals surface area (Å²) >= 11 is 0. The van der Waals surface area contributed by atoms with E-state index in [1.54, 1.807) is 53.7 Å². The Morgan fingerprint density at radius 3 is 2.28 bits per heavy atom. The standard InChI is InChI=1S/C23H30N2O7/c1-22(2,3)31-19(27)17(20(28)32-23(4,5)6)12-16-14-30-21(29)25(16)11-9-15-8-7-10-24-18(15)13-26/h7-8,10,12-13,16H,9,11,14H2,1-6H3/t16-/m0/s1. The summed E-state index contributed by atoms with van der Waals surface area (Å²) in [5.74, 6) is -1.69. The Bertz CT molecular complexity index is 880. The third kappa shape index (κ3) is 7.18. The molecule has 174 valence electrons. The second kappa shape index (κ2) is 9.93. The van der Waals surface area contributed by atoms with Gasteiger partial charge in [-0.2, -0.15) is 0 Å². The van der Waals surface area contributed by atoms with Crippen molar-refractivity contribution >= 4 is 24.3 Å². The lowest BCUT2D eigenvalue weighted by molar-refractivity contribution is -0.158. The molecule has 0 aromatic carbocycles. The molecule has 1 fully saturated rings. The van der Waals surface area contributed by atoms with Crippen LogP contribution in [0.2, 0.25) is 0 Å². The van der Waals surface area contributed by atoms with E-state index in [2.05, 4.69) is 4.98 Å². The molecule has 1 atom stereocenters. The minimum absolute atomic E-state index is 0.0402. The molecule has 1 saturated heterocycles. The number of cyclic esters (lactones) is 1. The van der Waals surface area contributed by atoms with Crippen molar-refractivity contribution in [2.45, 2.75) is 65.2 Å². The molecule has 0 saturated carbocycles. The molecule has 0 N–H and O–H groups in total. The molecule has 32 heavy (non-hydrogen) atoms. The van der Waals surface area contributed by atoms with Gasteiger partial charge in [0.25, 0.3) is 0 Å². The monoisotopic (exact) mass is 446 g/mol. The summed E-state index contributed by atoms with van der Waals surface area (Å²) in [6, 6.07) is 2.76. The molecule has 1 aliphatic heterocycles. The summed E-state index contributed by atoms with van der Waals surface area (Å²) < 4.78 is 15.9. The summed E-state index contributed by atoms with van der Waals surface area (Å²) in [5.41, 5.74) is -1.01. The lowest BCUT2D eigenvalue weighted by Gasteiger charge is -2.24. The zero-order chi connectivity index (χ0) is 24.1. The second-order valence-electron chi connectivity index (χ2n) is 9.34. The number of nitrogens with zero attached hydrogens (tertiary/aromatic N) is 2. The van der Waals surface area contributed by atoms with Crippen LogP contribution in [0, 0.1) is 0 Å². The Labute approximate surface area is 187 Å². The van der Waals surface area contributed by atoms with Crippen molar-refractivity contribution in [3.63, 3.8) is 0 Å². The van der Waals surface area contributed by atoms with Crippen molar-refractivity contribution < 1.29 is 33.4 Å². The van der Waals surface area contributed by atoms with E-state index >= 15 is 0 Å². The molecule has 9 heteroatoms.